The molecule has 0 bridgehead atoms. The van der Waals surface area contributed by atoms with Gasteiger partial charge in [0.05, 0.1) is 0 Å². The average molecular weight is 268 g/mol. The highest BCUT2D eigenvalue weighted by atomic mass is 16.2. The summed E-state index contributed by atoms with van der Waals surface area (Å²) in [7, 11) is 1.94. The molecule has 0 aliphatic heterocycles. The quantitative estimate of drug-likeness (QED) is 0.777. The second kappa shape index (κ2) is 6.87. The van der Waals surface area contributed by atoms with Crippen LogP contribution in [0.1, 0.15) is 22.8 Å². The molecule has 104 valence electrons. The van der Waals surface area contributed by atoms with Crippen LogP contribution < -0.4 is 0 Å². The van der Waals surface area contributed by atoms with Crippen molar-refractivity contribution in [2.75, 3.05) is 13.6 Å². The number of hydrogen-bond acceptors (Lipinski definition) is 2. The fraction of sp³-hybridized carbons (Fsp3) is 0.235. The molecule has 0 atom stereocenters. The van der Waals surface area contributed by atoms with E-state index in [4.69, 9.17) is 0 Å². The molecule has 0 saturated carbocycles. The summed E-state index contributed by atoms with van der Waals surface area (Å²) in [6, 6.07) is 19.5. The zero-order chi connectivity index (χ0) is 14.4. The minimum absolute atomic E-state index is 0.0338. The Hall–Kier alpha value is -2.13. The van der Waals surface area contributed by atoms with Gasteiger partial charge in [-0.1, -0.05) is 48.5 Å². The van der Waals surface area contributed by atoms with E-state index in [2.05, 4.69) is 12.1 Å². The van der Waals surface area contributed by atoms with Gasteiger partial charge in [-0.2, -0.15) is 0 Å². The summed E-state index contributed by atoms with van der Waals surface area (Å²) in [6.07, 6.45) is 0. The summed E-state index contributed by atoms with van der Waals surface area (Å²) in [5, 5.41) is 3.73. The normalized spacial score (nSPS) is 10.6. The number of hydrogen-bond donors (Lipinski definition) is 0. The lowest BCUT2D eigenvalue weighted by Gasteiger charge is -2.31. The van der Waals surface area contributed by atoms with Crippen molar-refractivity contribution in [3.8, 4) is 0 Å². The third-order valence-electron chi connectivity index (χ3n) is 3.22. The molecule has 2 aromatic carbocycles. The first-order valence-electron chi connectivity index (χ1n) is 6.84. The average Bonchev–Trinajstić information content (AvgIpc) is 2.49. The summed E-state index contributed by atoms with van der Waals surface area (Å²) in [5.74, 6) is 0.0338. The van der Waals surface area contributed by atoms with E-state index in [1.165, 1.54) is 5.56 Å². The van der Waals surface area contributed by atoms with Gasteiger partial charge in [-0.3, -0.25) is 9.80 Å². The van der Waals surface area contributed by atoms with Gasteiger partial charge < -0.3 is 0 Å². The first kappa shape index (κ1) is 14.3. The predicted octanol–water partition coefficient (Wildman–Crippen LogP) is 3.20. The van der Waals surface area contributed by atoms with Crippen molar-refractivity contribution < 1.29 is 4.79 Å². The summed E-state index contributed by atoms with van der Waals surface area (Å²) in [5.41, 5.74) is 1.91. The zero-order valence-electron chi connectivity index (χ0n) is 12.0. The van der Waals surface area contributed by atoms with Crippen molar-refractivity contribution in [3.05, 3.63) is 71.8 Å². The summed E-state index contributed by atoms with van der Waals surface area (Å²) >= 11 is 0. The molecule has 0 aromatic heterocycles. The van der Waals surface area contributed by atoms with Crippen molar-refractivity contribution in [3.63, 3.8) is 0 Å². The van der Waals surface area contributed by atoms with Gasteiger partial charge in [0.2, 0.25) is 0 Å². The molecule has 20 heavy (non-hydrogen) atoms. The number of carbonyl (C=O) groups is 1. The molecule has 3 heteroatoms. The van der Waals surface area contributed by atoms with Crippen molar-refractivity contribution >= 4 is 5.91 Å². The number of rotatable bonds is 5. The van der Waals surface area contributed by atoms with Crippen molar-refractivity contribution in [2.45, 2.75) is 13.5 Å². The predicted molar refractivity (Wildman–Crippen MR) is 81.1 cm³/mol. The van der Waals surface area contributed by atoms with E-state index >= 15 is 0 Å². The molecule has 0 spiro atoms. The molecule has 2 rings (SSSR count). The van der Waals surface area contributed by atoms with Crippen molar-refractivity contribution in [1.29, 1.82) is 0 Å². The van der Waals surface area contributed by atoms with E-state index in [9.17, 15) is 4.79 Å². The number of amides is 1. The Morgan fingerprint density at radius 1 is 0.950 bits per heavy atom. The highest BCUT2D eigenvalue weighted by Gasteiger charge is 2.18. The lowest BCUT2D eigenvalue weighted by atomic mass is 10.2. The SMILES string of the molecule is CCN(C(=O)c1ccccc1)N(C)Cc1ccccc1. The lowest BCUT2D eigenvalue weighted by Crippen LogP contribution is -2.43. The third kappa shape index (κ3) is 3.45. The van der Waals surface area contributed by atoms with E-state index < -0.39 is 0 Å². The van der Waals surface area contributed by atoms with Gasteiger partial charge in [0.15, 0.2) is 0 Å². The minimum Gasteiger partial charge on any atom is -0.271 e. The Bertz CT molecular complexity index is 539. The number of benzene rings is 2. The highest BCUT2D eigenvalue weighted by Crippen LogP contribution is 2.10. The summed E-state index contributed by atoms with van der Waals surface area (Å²) in [4.78, 5) is 12.5. The standard InChI is InChI=1S/C17H20N2O/c1-3-19(17(20)16-12-8-5-9-13-16)18(2)14-15-10-6-4-7-11-15/h4-13H,3,14H2,1-2H3. The summed E-state index contributed by atoms with van der Waals surface area (Å²) < 4.78 is 0. The van der Waals surface area contributed by atoms with Crippen LogP contribution in [0, 0.1) is 0 Å². The molecule has 0 N–H and O–H groups in total. The minimum atomic E-state index is 0.0338. The van der Waals surface area contributed by atoms with E-state index in [0.29, 0.717) is 18.7 Å². The topological polar surface area (TPSA) is 23.6 Å². The van der Waals surface area contributed by atoms with E-state index in [1.54, 1.807) is 5.01 Å². The summed E-state index contributed by atoms with van der Waals surface area (Å²) in [6.45, 7) is 3.35. The fourth-order valence-corrected chi connectivity index (χ4v) is 2.20. The van der Waals surface area contributed by atoms with Gasteiger partial charge in [-0.05, 0) is 24.6 Å². The second-order valence-electron chi connectivity index (χ2n) is 4.69. The van der Waals surface area contributed by atoms with Crippen LogP contribution in [0.2, 0.25) is 0 Å². The van der Waals surface area contributed by atoms with Crippen LogP contribution in [-0.4, -0.2) is 29.5 Å². The van der Waals surface area contributed by atoms with Crippen LogP contribution in [0.5, 0.6) is 0 Å². The van der Waals surface area contributed by atoms with Crippen LogP contribution in [0.4, 0.5) is 0 Å². The van der Waals surface area contributed by atoms with E-state index in [1.807, 2.05) is 67.5 Å². The number of hydrazine groups is 1. The smallest absolute Gasteiger partial charge is 0.268 e. The Morgan fingerprint density at radius 3 is 2.05 bits per heavy atom. The molecule has 0 fully saturated rings. The number of nitrogens with zero attached hydrogens (tertiary/aromatic N) is 2. The maximum Gasteiger partial charge on any atom is 0.268 e. The Labute approximate surface area is 120 Å². The first-order valence-corrected chi connectivity index (χ1v) is 6.84. The third-order valence-corrected chi connectivity index (χ3v) is 3.22. The Kier molecular flexibility index (Phi) is 4.91. The molecule has 3 nitrogen and oxygen atoms in total. The maximum atomic E-state index is 12.5. The molecule has 0 saturated heterocycles. The first-order chi connectivity index (χ1) is 9.72. The molecule has 0 unspecified atom stereocenters. The van der Waals surface area contributed by atoms with Crippen molar-refractivity contribution in [2.24, 2.45) is 0 Å². The second-order valence-corrected chi connectivity index (χ2v) is 4.69. The zero-order valence-corrected chi connectivity index (χ0v) is 12.0. The van der Waals surface area contributed by atoms with Crippen LogP contribution in [0.15, 0.2) is 60.7 Å². The van der Waals surface area contributed by atoms with Gasteiger partial charge in [-0.15, -0.1) is 0 Å². The Morgan fingerprint density at radius 2 is 1.50 bits per heavy atom. The molecule has 0 aliphatic carbocycles. The Balaban J connectivity index is 2.10. The van der Waals surface area contributed by atoms with Gasteiger partial charge in [-0.25, -0.2) is 5.01 Å². The van der Waals surface area contributed by atoms with Gasteiger partial charge in [0.25, 0.3) is 5.91 Å². The molecule has 2 aromatic rings. The van der Waals surface area contributed by atoms with Gasteiger partial charge >= 0.3 is 0 Å². The van der Waals surface area contributed by atoms with E-state index in [-0.39, 0.29) is 5.91 Å². The van der Waals surface area contributed by atoms with E-state index in [0.717, 1.165) is 0 Å². The highest BCUT2D eigenvalue weighted by molar-refractivity contribution is 5.93. The molecule has 0 aliphatic rings. The number of carbonyl (C=O) groups excluding carboxylic acids is 1. The van der Waals surface area contributed by atoms with Crippen LogP contribution in [-0.2, 0) is 6.54 Å². The molecule has 1 amide bonds. The molecule has 0 radical (unpaired) electrons. The molecular weight excluding hydrogens is 248 g/mol. The van der Waals surface area contributed by atoms with Crippen LogP contribution in [0.3, 0.4) is 0 Å². The van der Waals surface area contributed by atoms with Gasteiger partial charge in [0.1, 0.15) is 0 Å². The molecule has 0 heterocycles. The lowest BCUT2D eigenvalue weighted by molar-refractivity contribution is 0.00432. The fourth-order valence-electron chi connectivity index (χ4n) is 2.20. The molecular formula is C17H20N2O. The van der Waals surface area contributed by atoms with Crippen LogP contribution in [0.25, 0.3) is 0 Å². The largest absolute Gasteiger partial charge is 0.271 e. The van der Waals surface area contributed by atoms with Crippen LogP contribution >= 0.6 is 0 Å². The van der Waals surface area contributed by atoms with Crippen molar-refractivity contribution in [1.82, 2.24) is 10.0 Å². The monoisotopic (exact) mass is 268 g/mol. The van der Waals surface area contributed by atoms with Gasteiger partial charge in [0, 0.05) is 25.7 Å². The maximum absolute atomic E-state index is 12.5.